The molecule has 7 heteroatoms. The van der Waals surface area contributed by atoms with Gasteiger partial charge in [-0.2, -0.15) is 4.98 Å². The number of carbonyl (C=O) groups is 1. The van der Waals surface area contributed by atoms with E-state index in [4.69, 9.17) is 9.26 Å². The summed E-state index contributed by atoms with van der Waals surface area (Å²) in [7, 11) is 0. The van der Waals surface area contributed by atoms with Gasteiger partial charge in [0.2, 0.25) is 0 Å². The maximum atomic E-state index is 11.6. The van der Waals surface area contributed by atoms with Gasteiger partial charge in [0.1, 0.15) is 6.61 Å². The lowest BCUT2D eigenvalue weighted by atomic mass is 10.0. The summed E-state index contributed by atoms with van der Waals surface area (Å²) in [4.78, 5) is 15.6. The van der Waals surface area contributed by atoms with Crippen molar-refractivity contribution in [1.29, 1.82) is 0 Å². The fourth-order valence-corrected chi connectivity index (χ4v) is 1.70. The highest BCUT2D eigenvalue weighted by molar-refractivity contribution is 5.90. The normalized spacial score (nSPS) is 21.4. The van der Waals surface area contributed by atoms with Gasteiger partial charge in [0, 0.05) is 19.1 Å². The quantitative estimate of drug-likeness (QED) is 0.757. The molecule has 7 nitrogen and oxygen atoms in total. The Morgan fingerprint density at radius 3 is 3.00 bits per heavy atom. The van der Waals surface area contributed by atoms with Crippen molar-refractivity contribution >= 4 is 5.91 Å². The number of amides is 1. The van der Waals surface area contributed by atoms with Gasteiger partial charge in [0.15, 0.2) is 0 Å². The van der Waals surface area contributed by atoms with Crippen LogP contribution in [0.5, 0.6) is 0 Å². The number of carbonyl (C=O) groups excluding carboxylic acids is 1. The lowest BCUT2D eigenvalue weighted by Gasteiger charge is -2.38. The number of rotatable bonds is 5. The van der Waals surface area contributed by atoms with Crippen LogP contribution in [-0.2, 0) is 11.3 Å². The number of ether oxygens (including phenoxy) is 1. The maximum Gasteiger partial charge on any atom is 0.292 e. The molecular formula is C11H16N4O3. The summed E-state index contributed by atoms with van der Waals surface area (Å²) in [5, 5.41) is 9.59. The second-order valence-corrected chi connectivity index (χ2v) is 5.10. The highest BCUT2D eigenvalue weighted by atomic mass is 16.5. The fraction of sp³-hybridized carbons (Fsp3) is 0.727. The molecule has 3 rings (SSSR count). The van der Waals surface area contributed by atoms with E-state index < -0.39 is 0 Å². The maximum absolute atomic E-state index is 11.6. The Morgan fingerprint density at radius 2 is 2.39 bits per heavy atom. The summed E-state index contributed by atoms with van der Waals surface area (Å²) in [6.45, 7) is 3.88. The zero-order chi connectivity index (χ0) is 12.6. The first kappa shape index (κ1) is 11.6. The second-order valence-electron chi connectivity index (χ2n) is 5.10. The van der Waals surface area contributed by atoms with Crippen LogP contribution in [0.3, 0.4) is 0 Å². The number of nitrogens with zero attached hydrogens (tertiary/aromatic N) is 2. The summed E-state index contributed by atoms with van der Waals surface area (Å²) in [5.74, 6) is 0.144. The van der Waals surface area contributed by atoms with Crippen molar-refractivity contribution in [2.45, 2.75) is 38.0 Å². The van der Waals surface area contributed by atoms with Gasteiger partial charge in [-0.15, -0.1) is 0 Å². The lowest BCUT2D eigenvalue weighted by molar-refractivity contribution is -0.0841. The Hall–Kier alpha value is -1.47. The Balaban J connectivity index is 1.53. The first-order valence-electron chi connectivity index (χ1n) is 6.13. The molecule has 2 fully saturated rings. The predicted molar refractivity (Wildman–Crippen MR) is 60.8 cm³/mol. The Bertz CT molecular complexity index is 451. The third kappa shape index (κ3) is 2.51. The zero-order valence-corrected chi connectivity index (χ0v) is 10.2. The van der Waals surface area contributed by atoms with Crippen molar-refractivity contribution in [3.05, 3.63) is 11.7 Å². The molecule has 2 aliphatic rings. The number of aromatic nitrogens is 2. The summed E-state index contributed by atoms with van der Waals surface area (Å²) in [5.41, 5.74) is -0.162. The molecule has 0 bridgehead atoms. The Morgan fingerprint density at radius 1 is 1.61 bits per heavy atom. The molecule has 0 spiro atoms. The largest absolute Gasteiger partial charge is 0.363 e. The molecule has 1 amide bonds. The van der Waals surface area contributed by atoms with Gasteiger partial charge >= 0.3 is 0 Å². The summed E-state index contributed by atoms with van der Waals surface area (Å²) in [6.07, 6.45) is 2.07. The third-order valence-electron chi connectivity index (χ3n) is 3.13. The first-order valence-corrected chi connectivity index (χ1v) is 6.13. The summed E-state index contributed by atoms with van der Waals surface area (Å²) < 4.78 is 10.6. The van der Waals surface area contributed by atoms with Crippen LogP contribution in [0.4, 0.5) is 0 Å². The van der Waals surface area contributed by atoms with Crippen molar-refractivity contribution < 1.29 is 14.1 Å². The van der Waals surface area contributed by atoms with Gasteiger partial charge in [0.25, 0.3) is 17.6 Å². The van der Waals surface area contributed by atoms with Crippen molar-refractivity contribution in [2.75, 3.05) is 13.1 Å². The SMILES string of the molecule is CC1(OCc2nc(C(=O)NC3CC3)no2)CNC1. The van der Waals surface area contributed by atoms with Crippen LogP contribution in [0.25, 0.3) is 0 Å². The molecule has 0 aromatic carbocycles. The van der Waals surface area contributed by atoms with Crippen LogP contribution in [0, 0.1) is 0 Å². The van der Waals surface area contributed by atoms with E-state index in [1.807, 2.05) is 6.92 Å². The number of hydrogen-bond donors (Lipinski definition) is 2. The van der Waals surface area contributed by atoms with Gasteiger partial charge in [-0.3, -0.25) is 4.79 Å². The highest BCUT2D eigenvalue weighted by Gasteiger charge is 2.33. The van der Waals surface area contributed by atoms with Gasteiger partial charge in [-0.25, -0.2) is 0 Å². The van der Waals surface area contributed by atoms with Gasteiger partial charge in [-0.1, -0.05) is 5.16 Å². The van der Waals surface area contributed by atoms with Crippen molar-refractivity contribution in [3.63, 3.8) is 0 Å². The molecule has 2 heterocycles. The number of hydrogen-bond acceptors (Lipinski definition) is 6. The predicted octanol–water partition coefficient (Wildman–Crippen LogP) is -0.160. The molecule has 1 aromatic rings. The Kier molecular flexibility index (Phi) is 2.79. The molecule has 18 heavy (non-hydrogen) atoms. The second kappa shape index (κ2) is 4.33. The van der Waals surface area contributed by atoms with Crippen LogP contribution in [-0.4, -0.2) is 40.8 Å². The highest BCUT2D eigenvalue weighted by Crippen LogP contribution is 2.19. The minimum atomic E-state index is -0.274. The van der Waals surface area contributed by atoms with E-state index in [9.17, 15) is 4.79 Å². The molecule has 0 unspecified atom stereocenters. The Labute approximate surface area is 104 Å². The molecule has 0 radical (unpaired) electrons. The minimum absolute atomic E-state index is 0.0809. The fourth-order valence-electron chi connectivity index (χ4n) is 1.70. The zero-order valence-electron chi connectivity index (χ0n) is 10.2. The lowest BCUT2D eigenvalue weighted by Crippen LogP contribution is -2.58. The average molecular weight is 252 g/mol. The van der Waals surface area contributed by atoms with Crippen molar-refractivity contribution in [3.8, 4) is 0 Å². The van der Waals surface area contributed by atoms with Gasteiger partial charge < -0.3 is 19.9 Å². The van der Waals surface area contributed by atoms with E-state index >= 15 is 0 Å². The molecule has 2 N–H and O–H groups in total. The molecule has 1 aromatic heterocycles. The summed E-state index contributed by atoms with van der Waals surface area (Å²) in [6, 6.07) is 0.288. The van der Waals surface area contributed by atoms with E-state index in [-0.39, 0.29) is 30.0 Å². The van der Waals surface area contributed by atoms with E-state index in [1.165, 1.54) is 0 Å². The van der Waals surface area contributed by atoms with Gasteiger partial charge in [0.05, 0.1) is 5.60 Å². The molecule has 1 saturated carbocycles. The average Bonchev–Trinajstić information content (AvgIpc) is 2.99. The topological polar surface area (TPSA) is 89.3 Å². The van der Waals surface area contributed by atoms with Crippen LogP contribution in [0.15, 0.2) is 4.52 Å². The minimum Gasteiger partial charge on any atom is -0.363 e. The van der Waals surface area contributed by atoms with Crippen molar-refractivity contribution in [2.24, 2.45) is 0 Å². The third-order valence-corrected chi connectivity index (χ3v) is 3.13. The molecule has 1 saturated heterocycles. The molecule has 1 aliphatic heterocycles. The molecule has 1 aliphatic carbocycles. The van der Waals surface area contributed by atoms with Crippen LogP contribution in [0.2, 0.25) is 0 Å². The van der Waals surface area contributed by atoms with Gasteiger partial charge in [-0.05, 0) is 19.8 Å². The van der Waals surface area contributed by atoms with E-state index in [2.05, 4.69) is 20.8 Å². The monoisotopic (exact) mass is 252 g/mol. The van der Waals surface area contributed by atoms with Crippen LogP contribution in [0.1, 0.15) is 36.3 Å². The van der Waals surface area contributed by atoms with Crippen LogP contribution < -0.4 is 10.6 Å². The first-order chi connectivity index (χ1) is 8.65. The van der Waals surface area contributed by atoms with E-state index in [1.54, 1.807) is 0 Å². The standard InChI is InChI=1S/C11H16N4O3/c1-11(5-12-6-11)17-4-8-14-9(15-18-8)10(16)13-7-2-3-7/h7,12H,2-6H2,1H3,(H,13,16). The smallest absolute Gasteiger partial charge is 0.292 e. The van der Waals surface area contributed by atoms with E-state index in [0.29, 0.717) is 5.89 Å². The molecule has 98 valence electrons. The summed E-state index contributed by atoms with van der Waals surface area (Å²) >= 11 is 0. The van der Waals surface area contributed by atoms with E-state index in [0.717, 1.165) is 25.9 Å². The van der Waals surface area contributed by atoms with Crippen LogP contribution >= 0.6 is 0 Å². The molecular weight excluding hydrogens is 236 g/mol. The molecule has 0 atom stereocenters. The van der Waals surface area contributed by atoms with Crippen molar-refractivity contribution in [1.82, 2.24) is 20.8 Å². The number of nitrogens with one attached hydrogen (secondary N) is 2.